The van der Waals surface area contributed by atoms with Crippen LogP contribution in [0.1, 0.15) is 39.3 Å². The molecule has 0 saturated carbocycles. The van der Waals surface area contributed by atoms with Crippen LogP contribution in [0.15, 0.2) is 30.3 Å². The van der Waals surface area contributed by atoms with Gasteiger partial charge in [-0.15, -0.1) is 11.3 Å². The van der Waals surface area contributed by atoms with Crippen molar-refractivity contribution in [3.63, 3.8) is 0 Å². The predicted molar refractivity (Wildman–Crippen MR) is 83.3 cm³/mol. The van der Waals surface area contributed by atoms with E-state index in [0.717, 1.165) is 28.4 Å². The van der Waals surface area contributed by atoms with Gasteiger partial charge in [0.05, 0.1) is 10.7 Å². The molecular formula is C16H20N2OS. The van der Waals surface area contributed by atoms with Crippen molar-refractivity contribution in [2.75, 3.05) is 0 Å². The summed E-state index contributed by atoms with van der Waals surface area (Å²) in [4.78, 5) is 17.2. The molecule has 2 aromatic rings. The highest BCUT2D eigenvalue weighted by molar-refractivity contribution is 7.13. The minimum absolute atomic E-state index is 0.00587. The molecule has 4 heteroatoms. The van der Waals surface area contributed by atoms with Crippen molar-refractivity contribution in [1.29, 1.82) is 0 Å². The molecule has 2 rings (SSSR count). The summed E-state index contributed by atoms with van der Waals surface area (Å²) in [5.74, 6) is -0.00587. The van der Waals surface area contributed by atoms with Crippen LogP contribution in [0.25, 0.3) is 0 Å². The maximum absolute atomic E-state index is 12.2. The van der Waals surface area contributed by atoms with Gasteiger partial charge < -0.3 is 5.32 Å². The second-order valence-electron chi connectivity index (χ2n) is 5.05. The lowest BCUT2D eigenvalue weighted by Crippen LogP contribution is -2.32. The number of amides is 1. The number of carbonyl (C=O) groups excluding carboxylic acids is 1. The van der Waals surface area contributed by atoms with Gasteiger partial charge in [0.25, 0.3) is 5.91 Å². The van der Waals surface area contributed by atoms with Crippen LogP contribution < -0.4 is 5.32 Å². The van der Waals surface area contributed by atoms with Crippen molar-refractivity contribution >= 4 is 17.2 Å². The summed E-state index contributed by atoms with van der Waals surface area (Å²) >= 11 is 1.46. The fourth-order valence-corrected chi connectivity index (χ4v) is 2.95. The van der Waals surface area contributed by atoms with E-state index in [4.69, 9.17) is 0 Å². The van der Waals surface area contributed by atoms with E-state index in [1.807, 2.05) is 39.0 Å². The van der Waals surface area contributed by atoms with Crippen LogP contribution >= 0.6 is 11.3 Å². The first-order valence-corrected chi connectivity index (χ1v) is 7.66. The largest absolute Gasteiger partial charge is 0.349 e. The Morgan fingerprint density at radius 1 is 1.30 bits per heavy atom. The molecule has 0 aliphatic rings. The molecule has 106 valence electrons. The standard InChI is InChI=1S/C16H20N2OS/c1-11(9-10-14-7-5-4-6-8-14)17-16(19)15-12(2)18-13(3)20-15/h4-8,11H,9-10H2,1-3H3,(H,17,19). The van der Waals surface area contributed by atoms with E-state index in [0.29, 0.717) is 0 Å². The minimum atomic E-state index is -0.00587. The van der Waals surface area contributed by atoms with E-state index in [-0.39, 0.29) is 11.9 Å². The first-order chi connectivity index (χ1) is 9.56. The van der Waals surface area contributed by atoms with E-state index >= 15 is 0 Å². The monoisotopic (exact) mass is 288 g/mol. The maximum Gasteiger partial charge on any atom is 0.263 e. The van der Waals surface area contributed by atoms with E-state index in [1.165, 1.54) is 16.9 Å². The van der Waals surface area contributed by atoms with E-state index in [9.17, 15) is 4.79 Å². The second-order valence-corrected chi connectivity index (χ2v) is 6.25. The summed E-state index contributed by atoms with van der Waals surface area (Å²) in [6.45, 7) is 5.85. The molecule has 0 spiro atoms. The van der Waals surface area contributed by atoms with Gasteiger partial charge >= 0.3 is 0 Å². The van der Waals surface area contributed by atoms with Gasteiger partial charge in [0, 0.05) is 6.04 Å². The van der Waals surface area contributed by atoms with Crippen LogP contribution in [-0.4, -0.2) is 16.9 Å². The second kappa shape index (κ2) is 6.66. The molecule has 0 saturated heterocycles. The SMILES string of the molecule is Cc1nc(C)c(C(=O)NC(C)CCc2ccccc2)s1. The van der Waals surface area contributed by atoms with Gasteiger partial charge in [-0.3, -0.25) is 4.79 Å². The van der Waals surface area contributed by atoms with Gasteiger partial charge in [0.15, 0.2) is 0 Å². The van der Waals surface area contributed by atoms with Gasteiger partial charge in [-0.05, 0) is 39.2 Å². The first kappa shape index (κ1) is 14.7. The number of nitrogens with one attached hydrogen (secondary N) is 1. The highest BCUT2D eigenvalue weighted by Crippen LogP contribution is 2.17. The molecule has 1 aromatic heterocycles. The molecule has 0 radical (unpaired) electrons. The lowest BCUT2D eigenvalue weighted by atomic mass is 10.1. The first-order valence-electron chi connectivity index (χ1n) is 6.85. The summed E-state index contributed by atoms with van der Waals surface area (Å²) in [7, 11) is 0. The van der Waals surface area contributed by atoms with Crippen LogP contribution in [0.4, 0.5) is 0 Å². The predicted octanol–water partition coefficient (Wildman–Crippen LogP) is 3.51. The Bertz CT molecular complexity index is 577. The molecule has 0 fully saturated rings. The zero-order valence-electron chi connectivity index (χ0n) is 12.1. The Kier molecular flexibility index (Phi) is 4.90. The minimum Gasteiger partial charge on any atom is -0.349 e. The van der Waals surface area contributed by atoms with E-state index in [2.05, 4.69) is 22.4 Å². The molecule has 1 heterocycles. The average Bonchev–Trinajstić information content (AvgIpc) is 2.77. The maximum atomic E-state index is 12.2. The summed E-state index contributed by atoms with van der Waals surface area (Å²) in [6, 6.07) is 10.5. The lowest BCUT2D eigenvalue weighted by Gasteiger charge is -2.13. The number of nitrogens with zero attached hydrogens (tertiary/aromatic N) is 1. The summed E-state index contributed by atoms with van der Waals surface area (Å²) < 4.78 is 0. The van der Waals surface area contributed by atoms with Crippen LogP contribution in [0, 0.1) is 13.8 Å². The van der Waals surface area contributed by atoms with Crippen LogP contribution in [-0.2, 0) is 6.42 Å². The van der Waals surface area contributed by atoms with E-state index in [1.54, 1.807) is 0 Å². The Balaban J connectivity index is 1.87. The van der Waals surface area contributed by atoms with Gasteiger partial charge in [-0.1, -0.05) is 30.3 Å². The summed E-state index contributed by atoms with van der Waals surface area (Å²) in [5, 5.41) is 3.99. The molecule has 0 bridgehead atoms. The number of hydrogen-bond donors (Lipinski definition) is 1. The van der Waals surface area contributed by atoms with E-state index < -0.39 is 0 Å². The normalized spacial score (nSPS) is 12.2. The van der Waals surface area contributed by atoms with Crippen molar-refractivity contribution in [3.05, 3.63) is 51.5 Å². The number of benzene rings is 1. The number of hydrogen-bond acceptors (Lipinski definition) is 3. The molecule has 3 nitrogen and oxygen atoms in total. The zero-order valence-corrected chi connectivity index (χ0v) is 13.0. The van der Waals surface area contributed by atoms with Crippen molar-refractivity contribution in [2.45, 2.75) is 39.7 Å². The van der Waals surface area contributed by atoms with Gasteiger partial charge in [0.2, 0.25) is 0 Å². The van der Waals surface area contributed by atoms with Crippen molar-refractivity contribution in [3.8, 4) is 0 Å². The van der Waals surface area contributed by atoms with Crippen LogP contribution in [0.2, 0.25) is 0 Å². The molecule has 1 N–H and O–H groups in total. The van der Waals surface area contributed by atoms with Crippen molar-refractivity contribution < 1.29 is 4.79 Å². The molecule has 1 amide bonds. The van der Waals surface area contributed by atoms with Gasteiger partial charge in [0.1, 0.15) is 4.88 Å². The van der Waals surface area contributed by atoms with Crippen LogP contribution in [0.3, 0.4) is 0 Å². The van der Waals surface area contributed by atoms with Crippen LogP contribution in [0.5, 0.6) is 0 Å². The molecule has 1 unspecified atom stereocenters. The molecule has 0 aliphatic carbocycles. The quantitative estimate of drug-likeness (QED) is 0.914. The Labute approximate surface area is 124 Å². The third-order valence-electron chi connectivity index (χ3n) is 3.20. The molecule has 1 atom stereocenters. The van der Waals surface area contributed by atoms with Gasteiger partial charge in [-0.2, -0.15) is 0 Å². The number of rotatable bonds is 5. The zero-order chi connectivity index (χ0) is 14.5. The highest BCUT2D eigenvalue weighted by Gasteiger charge is 2.15. The topological polar surface area (TPSA) is 42.0 Å². The smallest absolute Gasteiger partial charge is 0.263 e. The molecule has 1 aromatic carbocycles. The van der Waals surface area contributed by atoms with Gasteiger partial charge in [-0.25, -0.2) is 4.98 Å². The lowest BCUT2D eigenvalue weighted by molar-refractivity contribution is 0.0942. The number of carbonyl (C=O) groups is 1. The Hall–Kier alpha value is -1.68. The van der Waals surface area contributed by atoms with Crippen molar-refractivity contribution in [2.24, 2.45) is 0 Å². The fourth-order valence-electron chi connectivity index (χ4n) is 2.13. The molecular weight excluding hydrogens is 268 g/mol. The fraction of sp³-hybridized carbons (Fsp3) is 0.375. The number of thiazole rings is 1. The Morgan fingerprint density at radius 3 is 2.60 bits per heavy atom. The number of aromatic nitrogens is 1. The summed E-state index contributed by atoms with van der Waals surface area (Å²) in [5.41, 5.74) is 2.12. The highest BCUT2D eigenvalue weighted by atomic mass is 32.1. The number of aryl methyl sites for hydroxylation is 3. The summed E-state index contributed by atoms with van der Waals surface area (Å²) in [6.07, 6.45) is 1.91. The van der Waals surface area contributed by atoms with Crippen molar-refractivity contribution in [1.82, 2.24) is 10.3 Å². The Morgan fingerprint density at radius 2 is 2.00 bits per heavy atom. The average molecular weight is 288 g/mol. The third-order valence-corrected chi connectivity index (χ3v) is 4.27. The molecule has 0 aliphatic heterocycles. The third kappa shape index (κ3) is 3.90. The molecule has 20 heavy (non-hydrogen) atoms.